The van der Waals surface area contributed by atoms with Gasteiger partial charge in [0.05, 0.1) is 5.02 Å². The Bertz CT molecular complexity index is 965. The van der Waals surface area contributed by atoms with Crippen molar-refractivity contribution in [2.75, 3.05) is 17.7 Å². The third kappa shape index (κ3) is 3.44. The van der Waals surface area contributed by atoms with Gasteiger partial charge in [0.2, 0.25) is 0 Å². The fourth-order valence-electron chi connectivity index (χ4n) is 2.48. The van der Waals surface area contributed by atoms with Gasteiger partial charge in [-0.15, -0.1) is 0 Å². The summed E-state index contributed by atoms with van der Waals surface area (Å²) in [5, 5.41) is 9.12. The Morgan fingerprint density at radius 1 is 1.04 bits per heavy atom. The molecule has 0 aliphatic heterocycles. The summed E-state index contributed by atoms with van der Waals surface area (Å²) in [6.07, 6.45) is 0. The van der Waals surface area contributed by atoms with Gasteiger partial charge in [0, 0.05) is 29.4 Å². The van der Waals surface area contributed by atoms with Crippen LogP contribution in [0.1, 0.15) is 16.1 Å². The lowest BCUT2D eigenvalue weighted by Crippen LogP contribution is -2.24. The van der Waals surface area contributed by atoms with Crippen LogP contribution in [0.15, 0.2) is 46.9 Å². The van der Waals surface area contributed by atoms with Crippen molar-refractivity contribution in [2.45, 2.75) is 6.92 Å². The lowest BCUT2D eigenvalue weighted by Gasteiger charge is -2.08. The van der Waals surface area contributed by atoms with E-state index in [2.05, 4.69) is 16.0 Å². The summed E-state index contributed by atoms with van der Waals surface area (Å²) in [5.74, 6) is -0.186. The summed E-state index contributed by atoms with van der Waals surface area (Å²) >= 11 is 6.12. The zero-order valence-electron chi connectivity index (χ0n) is 13.6. The van der Waals surface area contributed by atoms with Crippen molar-refractivity contribution < 1.29 is 14.0 Å². The van der Waals surface area contributed by atoms with Gasteiger partial charge in [-0.05, 0) is 31.2 Å². The van der Waals surface area contributed by atoms with Crippen LogP contribution in [-0.2, 0) is 0 Å². The standard InChI is InChI=1S/C18H16ClN3O3/c1-10-13-7-4-8-14(19)16(13)25-15(10)17(23)21-11-5-3-6-12(9-11)22-18(24)20-2/h3-9H,1-2H3,(H,21,23)(H2,20,22,24). The molecule has 0 spiro atoms. The molecule has 0 aliphatic rings. The Labute approximate surface area is 149 Å². The third-order valence-electron chi connectivity index (χ3n) is 3.73. The van der Waals surface area contributed by atoms with E-state index >= 15 is 0 Å². The molecule has 7 heteroatoms. The minimum Gasteiger partial charge on any atom is -0.449 e. The van der Waals surface area contributed by atoms with Crippen LogP contribution in [0, 0.1) is 6.92 Å². The molecular formula is C18H16ClN3O3. The smallest absolute Gasteiger partial charge is 0.318 e. The molecule has 0 unspecified atom stereocenters. The number of amides is 3. The maximum Gasteiger partial charge on any atom is 0.318 e. The summed E-state index contributed by atoms with van der Waals surface area (Å²) in [6, 6.07) is 11.8. The number of carbonyl (C=O) groups is 2. The van der Waals surface area contributed by atoms with Crippen LogP contribution < -0.4 is 16.0 Å². The molecule has 128 valence electrons. The van der Waals surface area contributed by atoms with Gasteiger partial charge in [-0.3, -0.25) is 4.79 Å². The lowest BCUT2D eigenvalue weighted by atomic mass is 10.1. The van der Waals surface area contributed by atoms with Crippen molar-refractivity contribution in [3.63, 3.8) is 0 Å². The van der Waals surface area contributed by atoms with E-state index < -0.39 is 0 Å². The maximum absolute atomic E-state index is 12.6. The van der Waals surface area contributed by atoms with E-state index in [1.165, 1.54) is 7.05 Å². The topological polar surface area (TPSA) is 83.4 Å². The highest BCUT2D eigenvalue weighted by Gasteiger charge is 2.19. The number of hydrogen-bond acceptors (Lipinski definition) is 3. The Kier molecular flexibility index (Phi) is 4.63. The molecule has 0 atom stereocenters. The molecule has 0 bridgehead atoms. The Hall–Kier alpha value is -2.99. The zero-order valence-corrected chi connectivity index (χ0v) is 14.4. The van der Waals surface area contributed by atoms with Gasteiger partial charge in [-0.2, -0.15) is 0 Å². The van der Waals surface area contributed by atoms with Gasteiger partial charge >= 0.3 is 6.03 Å². The molecule has 0 saturated heterocycles. The summed E-state index contributed by atoms with van der Waals surface area (Å²) in [5.41, 5.74) is 2.29. The Balaban J connectivity index is 1.86. The second-order valence-corrected chi connectivity index (χ2v) is 5.82. The molecule has 1 aromatic heterocycles. The lowest BCUT2D eigenvalue weighted by molar-refractivity contribution is 0.0998. The molecule has 0 fully saturated rings. The van der Waals surface area contributed by atoms with E-state index in [1.54, 1.807) is 37.3 Å². The SMILES string of the molecule is CNC(=O)Nc1cccc(NC(=O)c2oc3c(Cl)cccc3c2C)c1. The number of carbonyl (C=O) groups excluding carboxylic acids is 2. The summed E-state index contributed by atoms with van der Waals surface area (Å²) in [6.45, 7) is 1.81. The van der Waals surface area contributed by atoms with E-state index in [9.17, 15) is 9.59 Å². The molecule has 0 aliphatic carbocycles. The largest absolute Gasteiger partial charge is 0.449 e. The van der Waals surface area contributed by atoms with Crippen molar-refractivity contribution in [3.8, 4) is 0 Å². The van der Waals surface area contributed by atoms with E-state index in [-0.39, 0.29) is 17.7 Å². The predicted octanol–water partition coefficient (Wildman–Crippen LogP) is 4.40. The molecule has 0 radical (unpaired) electrons. The van der Waals surface area contributed by atoms with Crippen LogP contribution >= 0.6 is 11.6 Å². The number of halogens is 1. The first-order valence-electron chi connectivity index (χ1n) is 7.57. The highest BCUT2D eigenvalue weighted by molar-refractivity contribution is 6.35. The number of para-hydroxylation sites is 1. The number of fused-ring (bicyclic) bond motifs is 1. The van der Waals surface area contributed by atoms with Crippen LogP contribution in [0.3, 0.4) is 0 Å². The number of furan rings is 1. The van der Waals surface area contributed by atoms with Crippen molar-refractivity contribution in [1.82, 2.24) is 5.32 Å². The van der Waals surface area contributed by atoms with Gasteiger partial charge in [0.25, 0.3) is 5.91 Å². The summed E-state index contributed by atoms with van der Waals surface area (Å²) < 4.78 is 5.65. The highest BCUT2D eigenvalue weighted by Crippen LogP contribution is 2.31. The van der Waals surface area contributed by atoms with Crippen LogP contribution in [0.25, 0.3) is 11.0 Å². The fraction of sp³-hybridized carbons (Fsp3) is 0.111. The second-order valence-electron chi connectivity index (χ2n) is 5.41. The van der Waals surface area contributed by atoms with E-state index in [1.807, 2.05) is 12.1 Å². The zero-order chi connectivity index (χ0) is 18.0. The predicted molar refractivity (Wildman–Crippen MR) is 98.4 cm³/mol. The van der Waals surface area contributed by atoms with Gasteiger partial charge in [0.15, 0.2) is 11.3 Å². The molecule has 0 saturated carbocycles. The number of urea groups is 1. The van der Waals surface area contributed by atoms with Crippen LogP contribution in [0.4, 0.5) is 16.2 Å². The normalized spacial score (nSPS) is 10.5. The first-order chi connectivity index (χ1) is 12.0. The molecular weight excluding hydrogens is 342 g/mol. The number of hydrogen-bond donors (Lipinski definition) is 3. The molecule has 3 aromatic rings. The average molecular weight is 358 g/mol. The number of rotatable bonds is 3. The maximum atomic E-state index is 12.6. The van der Waals surface area contributed by atoms with Crippen molar-refractivity contribution in [1.29, 1.82) is 0 Å². The minimum atomic E-state index is -0.387. The summed E-state index contributed by atoms with van der Waals surface area (Å²) in [4.78, 5) is 23.9. The summed E-state index contributed by atoms with van der Waals surface area (Å²) in [7, 11) is 1.52. The Morgan fingerprint density at radius 3 is 2.40 bits per heavy atom. The molecule has 1 heterocycles. The quantitative estimate of drug-likeness (QED) is 0.649. The van der Waals surface area contributed by atoms with Gasteiger partial charge < -0.3 is 20.4 Å². The monoisotopic (exact) mass is 357 g/mol. The average Bonchev–Trinajstić information content (AvgIpc) is 2.94. The second kappa shape index (κ2) is 6.86. The van der Waals surface area contributed by atoms with Crippen LogP contribution in [-0.4, -0.2) is 19.0 Å². The van der Waals surface area contributed by atoms with Crippen LogP contribution in [0.5, 0.6) is 0 Å². The van der Waals surface area contributed by atoms with Gasteiger partial charge in [-0.25, -0.2) is 4.79 Å². The van der Waals surface area contributed by atoms with Gasteiger partial charge in [0.1, 0.15) is 0 Å². The fourth-order valence-corrected chi connectivity index (χ4v) is 2.69. The number of aryl methyl sites for hydroxylation is 1. The number of anilines is 2. The third-order valence-corrected chi connectivity index (χ3v) is 4.02. The molecule has 3 rings (SSSR count). The molecule has 3 amide bonds. The molecule has 6 nitrogen and oxygen atoms in total. The molecule has 3 N–H and O–H groups in total. The van der Waals surface area contributed by atoms with Gasteiger partial charge in [-0.1, -0.05) is 29.8 Å². The molecule has 2 aromatic carbocycles. The highest BCUT2D eigenvalue weighted by atomic mass is 35.5. The van der Waals surface area contributed by atoms with E-state index in [4.69, 9.17) is 16.0 Å². The minimum absolute atomic E-state index is 0.202. The van der Waals surface area contributed by atoms with E-state index in [0.717, 1.165) is 10.9 Å². The first-order valence-corrected chi connectivity index (χ1v) is 7.95. The van der Waals surface area contributed by atoms with Crippen molar-refractivity contribution >= 4 is 45.9 Å². The van der Waals surface area contributed by atoms with E-state index in [0.29, 0.717) is 22.0 Å². The van der Waals surface area contributed by atoms with Crippen molar-refractivity contribution in [3.05, 3.63) is 58.8 Å². The number of nitrogens with one attached hydrogen (secondary N) is 3. The van der Waals surface area contributed by atoms with Crippen LogP contribution in [0.2, 0.25) is 5.02 Å². The first kappa shape index (κ1) is 16.9. The number of benzene rings is 2. The molecule has 25 heavy (non-hydrogen) atoms. The van der Waals surface area contributed by atoms with Crippen molar-refractivity contribution in [2.24, 2.45) is 0 Å². The Morgan fingerprint density at radius 2 is 1.72 bits per heavy atom.